The molecule has 2 saturated heterocycles. The van der Waals surface area contributed by atoms with Crippen molar-refractivity contribution in [3.63, 3.8) is 0 Å². The molecule has 6 nitrogen and oxygen atoms in total. The van der Waals surface area contributed by atoms with Gasteiger partial charge in [0.15, 0.2) is 6.61 Å². The Labute approximate surface area is 145 Å². The van der Waals surface area contributed by atoms with E-state index >= 15 is 0 Å². The third-order valence-electron chi connectivity index (χ3n) is 4.79. The Kier molecular flexibility index (Phi) is 5.80. The van der Waals surface area contributed by atoms with E-state index in [9.17, 15) is 13.6 Å². The molecule has 3 heterocycles. The standard InChI is InChI=1S/C17H23F2N3O3/c1-12-14(21-7-9-24-10-8-21)5-6-22(12)17(23)13-3-2-4-16(20-13)25-11-15(18)19/h2-4,12,14-15H,5-11H2,1H3/t12-,14-/m1/s1. The average Bonchev–Trinajstić information content (AvgIpc) is 3.02. The number of morpholine rings is 1. The lowest BCUT2D eigenvalue weighted by Gasteiger charge is -2.35. The van der Waals surface area contributed by atoms with E-state index in [1.807, 2.05) is 6.92 Å². The van der Waals surface area contributed by atoms with E-state index in [0.29, 0.717) is 12.6 Å². The quantitative estimate of drug-likeness (QED) is 0.804. The largest absolute Gasteiger partial charge is 0.472 e. The van der Waals surface area contributed by atoms with Gasteiger partial charge in [0.05, 0.1) is 13.2 Å². The molecule has 25 heavy (non-hydrogen) atoms. The van der Waals surface area contributed by atoms with Crippen molar-refractivity contribution in [3.05, 3.63) is 23.9 Å². The summed E-state index contributed by atoms with van der Waals surface area (Å²) in [7, 11) is 0. The van der Waals surface area contributed by atoms with E-state index in [1.54, 1.807) is 17.0 Å². The fourth-order valence-electron chi connectivity index (χ4n) is 3.52. The summed E-state index contributed by atoms with van der Waals surface area (Å²) in [6, 6.07) is 5.04. The lowest BCUT2D eigenvalue weighted by atomic mass is 10.1. The van der Waals surface area contributed by atoms with E-state index in [-0.39, 0.29) is 23.5 Å². The number of hydrogen-bond acceptors (Lipinski definition) is 5. The number of amides is 1. The summed E-state index contributed by atoms with van der Waals surface area (Å²) in [5.41, 5.74) is 0.223. The Bertz CT molecular complexity index is 596. The van der Waals surface area contributed by atoms with Crippen LogP contribution in [-0.4, -0.2) is 78.7 Å². The zero-order valence-electron chi connectivity index (χ0n) is 14.2. The second-order valence-corrected chi connectivity index (χ2v) is 6.31. The molecule has 1 aromatic heterocycles. The Morgan fingerprint density at radius 3 is 2.84 bits per heavy atom. The Morgan fingerprint density at radius 2 is 2.12 bits per heavy atom. The molecule has 138 valence electrons. The molecule has 0 bridgehead atoms. The molecule has 2 aliphatic rings. The zero-order valence-corrected chi connectivity index (χ0v) is 14.2. The molecule has 0 radical (unpaired) electrons. The van der Waals surface area contributed by atoms with E-state index < -0.39 is 13.0 Å². The number of alkyl halides is 2. The van der Waals surface area contributed by atoms with Gasteiger partial charge >= 0.3 is 0 Å². The van der Waals surface area contributed by atoms with E-state index in [0.717, 1.165) is 32.7 Å². The molecule has 2 aliphatic heterocycles. The van der Waals surface area contributed by atoms with Crippen LogP contribution in [0.1, 0.15) is 23.8 Å². The first kappa shape index (κ1) is 18.0. The fourth-order valence-corrected chi connectivity index (χ4v) is 3.52. The Morgan fingerprint density at radius 1 is 1.36 bits per heavy atom. The van der Waals surface area contributed by atoms with Crippen molar-refractivity contribution in [2.45, 2.75) is 31.9 Å². The summed E-state index contributed by atoms with van der Waals surface area (Å²) in [6.45, 7) is 5.18. The topological polar surface area (TPSA) is 54.9 Å². The first-order valence-corrected chi connectivity index (χ1v) is 8.57. The van der Waals surface area contributed by atoms with Crippen LogP contribution in [0.15, 0.2) is 18.2 Å². The van der Waals surface area contributed by atoms with Crippen LogP contribution in [-0.2, 0) is 4.74 Å². The summed E-state index contributed by atoms with van der Waals surface area (Å²) < 4.78 is 34.8. The fraction of sp³-hybridized carbons (Fsp3) is 0.647. The molecule has 8 heteroatoms. The van der Waals surface area contributed by atoms with Gasteiger partial charge in [-0.25, -0.2) is 13.8 Å². The third kappa shape index (κ3) is 4.24. The maximum Gasteiger partial charge on any atom is 0.272 e. The van der Waals surface area contributed by atoms with Gasteiger partial charge in [-0.15, -0.1) is 0 Å². The van der Waals surface area contributed by atoms with Crippen LogP contribution in [0, 0.1) is 0 Å². The number of halogens is 2. The molecule has 0 spiro atoms. The highest BCUT2D eigenvalue weighted by Crippen LogP contribution is 2.25. The van der Waals surface area contributed by atoms with Crippen LogP contribution in [0.3, 0.4) is 0 Å². The van der Waals surface area contributed by atoms with Crippen LogP contribution in [0.2, 0.25) is 0 Å². The molecule has 0 saturated carbocycles. The van der Waals surface area contributed by atoms with Crippen molar-refractivity contribution in [3.8, 4) is 5.88 Å². The third-order valence-corrected chi connectivity index (χ3v) is 4.79. The first-order valence-electron chi connectivity index (χ1n) is 8.57. The molecule has 3 rings (SSSR count). The van der Waals surface area contributed by atoms with Crippen LogP contribution in [0.5, 0.6) is 5.88 Å². The predicted octanol–water partition coefficient (Wildman–Crippen LogP) is 1.66. The SMILES string of the molecule is C[C@@H]1[C@H](N2CCOCC2)CCN1C(=O)c1cccc(OCC(F)F)n1. The van der Waals surface area contributed by atoms with Gasteiger partial charge in [-0.3, -0.25) is 9.69 Å². The van der Waals surface area contributed by atoms with Gasteiger partial charge in [0.1, 0.15) is 5.69 Å². The van der Waals surface area contributed by atoms with E-state index in [2.05, 4.69) is 9.88 Å². The first-order chi connectivity index (χ1) is 12.1. The normalized spacial score (nSPS) is 24.7. The van der Waals surface area contributed by atoms with Gasteiger partial charge in [-0.05, 0) is 19.4 Å². The number of carbonyl (C=O) groups excluding carboxylic acids is 1. The second-order valence-electron chi connectivity index (χ2n) is 6.31. The highest BCUT2D eigenvalue weighted by molar-refractivity contribution is 5.92. The summed E-state index contributed by atoms with van der Waals surface area (Å²) in [4.78, 5) is 21.1. The van der Waals surface area contributed by atoms with E-state index in [4.69, 9.17) is 9.47 Å². The van der Waals surface area contributed by atoms with Crippen LogP contribution in [0.4, 0.5) is 8.78 Å². The number of hydrogen-bond donors (Lipinski definition) is 0. The minimum absolute atomic E-state index is 0.0442. The molecule has 2 fully saturated rings. The van der Waals surface area contributed by atoms with Gasteiger partial charge in [0.25, 0.3) is 12.3 Å². The minimum atomic E-state index is -2.57. The lowest BCUT2D eigenvalue weighted by Crippen LogP contribution is -2.49. The average molecular weight is 355 g/mol. The van der Waals surface area contributed by atoms with Gasteiger partial charge in [0, 0.05) is 37.8 Å². The molecule has 0 aliphatic carbocycles. The summed E-state index contributed by atoms with van der Waals surface area (Å²) >= 11 is 0. The van der Waals surface area contributed by atoms with Crippen LogP contribution >= 0.6 is 0 Å². The van der Waals surface area contributed by atoms with Gasteiger partial charge in [-0.1, -0.05) is 6.07 Å². The second kappa shape index (κ2) is 8.05. The summed E-state index contributed by atoms with van der Waals surface area (Å²) in [5, 5.41) is 0. The van der Waals surface area contributed by atoms with Gasteiger partial charge in [0.2, 0.25) is 5.88 Å². The van der Waals surface area contributed by atoms with Crippen LogP contribution < -0.4 is 4.74 Å². The molecule has 1 aromatic rings. The number of ether oxygens (including phenoxy) is 2. The van der Waals surface area contributed by atoms with Crippen molar-refractivity contribution in [2.24, 2.45) is 0 Å². The number of likely N-dealkylation sites (tertiary alicyclic amines) is 1. The number of nitrogens with zero attached hydrogens (tertiary/aromatic N) is 3. The maximum absolute atomic E-state index is 12.8. The van der Waals surface area contributed by atoms with Crippen molar-refractivity contribution >= 4 is 5.91 Å². The van der Waals surface area contributed by atoms with E-state index in [1.165, 1.54) is 6.07 Å². The smallest absolute Gasteiger partial charge is 0.272 e. The summed E-state index contributed by atoms with van der Waals surface area (Å²) in [6.07, 6.45) is -1.66. The number of pyridine rings is 1. The highest BCUT2D eigenvalue weighted by Gasteiger charge is 2.38. The molecule has 1 amide bonds. The molecular formula is C17H23F2N3O3. The maximum atomic E-state index is 12.8. The zero-order chi connectivity index (χ0) is 17.8. The van der Waals surface area contributed by atoms with Crippen molar-refractivity contribution in [1.82, 2.24) is 14.8 Å². The molecular weight excluding hydrogens is 332 g/mol. The number of rotatable bonds is 5. The highest BCUT2D eigenvalue weighted by atomic mass is 19.3. The molecule has 0 unspecified atom stereocenters. The van der Waals surface area contributed by atoms with Gasteiger partial charge in [-0.2, -0.15) is 0 Å². The van der Waals surface area contributed by atoms with Crippen molar-refractivity contribution in [2.75, 3.05) is 39.5 Å². The van der Waals surface area contributed by atoms with Crippen molar-refractivity contribution in [1.29, 1.82) is 0 Å². The van der Waals surface area contributed by atoms with Crippen molar-refractivity contribution < 1.29 is 23.0 Å². The molecule has 0 aromatic carbocycles. The number of aromatic nitrogens is 1. The Hall–Kier alpha value is -1.80. The minimum Gasteiger partial charge on any atom is -0.472 e. The monoisotopic (exact) mass is 355 g/mol. The number of carbonyl (C=O) groups is 1. The Balaban J connectivity index is 1.65. The van der Waals surface area contributed by atoms with Gasteiger partial charge < -0.3 is 14.4 Å². The predicted molar refractivity (Wildman–Crippen MR) is 87.0 cm³/mol. The molecule has 0 N–H and O–H groups in total. The lowest BCUT2D eigenvalue weighted by molar-refractivity contribution is 0.0104. The van der Waals surface area contributed by atoms with Crippen LogP contribution in [0.25, 0.3) is 0 Å². The molecule has 2 atom stereocenters. The summed E-state index contributed by atoms with van der Waals surface area (Å²) in [5.74, 6) is -0.145.